The number of aliphatic imine (C=N–C) groups is 1. The van der Waals surface area contributed by atoms with Gasteiger partial charge in [0.1, 0.15) is 0 Å². The van der Waals surface area contributed by atoms with E-state index in [9.17, 15) is 0 Å². The van der Waals surface area contributed by atoms with Crippen molar-refractivity contribution in [2.45, 2.75) is 0 Å². The quantitative estimate of drug-likeness (QED) is 0.598. The number of hydrogen-bond donors (Lipinski definition) is 1. The monoisotopic (exact) mass is 160 g/mol. The maximum Gasteiger partial charge on any atom is 0.198 e. The Hall–Kier alpha value is -1.10. The fourth-order valence-electron chi connectivity index (χ4n) is 0.444. The van der Waals surface area contributed by atoms with Crippen LogP contribution in [-0.4, -0.2) is 22.5 Å². The van der Waals surface area contributed by atoms with E-state index >= 15 is 0 Å². The first-order valence-electron chi connectivity index (χ1n) is 2.46. The molecular weight excluding hydrogens is 156 g/mol. The highest BCUT2D eigenvalue weighted by Gasteiger charge is 2.09. The second-order valence-corrected chi connectivity index (χ2v) is 1.87. The van der Waals surface area contributed by atoms with Gasteiger partial charge in [0, 0.05) is 7.05 Å². The van der Waals surface area contributed by atoms with Crippen molar-refractivity contribution in [3.05, 3.63) is 5.69 Å². The summed E-state index contributed by atoms with van der Waals surface area (Å²) in [6, 6.07) is 0. The molecule has 0 bridgehead atoms. The van der Waals surface area contributed by atoms with E-state index in [4.69, 9.17) is 17.3 Å². The van der Waals surface area contributed by atoms with E-state index < -0.39 is 0 Å². The van der Waals surface area contributed by atoms with Crippen molar-refractivity contribution in [3.63, 3.8) is 0 Å². The maximum absolute atomic E-state index is 5.54. The van der Waals surface area contributed by atoms with Gasteiger partial charge in [0.25, 0.3) is 0 Å². The fraction of sp³-hybridized carbons (Fsp3) is 0.250. The van der Waals surface area contributed by atoms with Crippen LogP contribution in [0.1, 0.15) is 5.69 Å². The van der Waals surface area contributed by atoms with Crippen LogP contribution in [-0.2, 0) is 0 Å². The Bertz CT molecular complexity index is 256. The van der Waals surface area contributed by atoms with E-state index in [1.54, 1.807) is 0 Å². The van der Waals surface area contributed by atoms with Crippen LogP contribution in [0.2, 0.25) is 0 Å². The van der Waals surface area contributed by atoms with E-state index in [0.29, 0.717) is 0 Å². The van der Waals surface area contributed by atoms with Crippen molar-refractivity contribution in [1.29, 1.82) is 0 Å². The van der Waals surface area contributed by atoms with Crippen LogP contribution < -0.4 is 5.73 Å². The molecule has 2 N–H and O–H groups in total. The molecule has 0 aliphatic heterocycles. The summed E-state index contributed by atoms with van der Waals surface area (Å²) in [5.41, 5.74) is 5.57. The van der Waals surface area contributed by atoms with Gasteiger partial charge < -0.3 is 5.73 Å². The molecule has 0 saturated heterocycles. The van der Waals surface area contributed by atoms with Gasteiger partial charge in [-0.2, -0.15) is 0 Å². The lowest BCUT2D eigenvalue weighted by Gasteiger charge is -1.86. The van der Waals surface area contributed by atoms with E-state index in [1.165, 1.54) is 7.05 Å². The van der Waals surface area contributed by atoms with E-state index in [1.807, 2.05) is 0 Å². The number of nitrogen functional groups attached to an aromatic ring is 1. The lowest BCUT2D eigenvalue weighted by atomic mass is 10.5. The number of hydrogen-bond acceptors (Lipinski definition) is 5. The summed E-state index contributed by atoms with van der Waals surface area (Å²) in [4.78, 5) is 3.63. The molecule has 6 heteroatoms. The Morgan fingerprint density at radius 1 is 1.70 bits per heavy atom. The molecule has 1 rings (SSSR count). The highest BCUT2D eigenvalue weighted by Crippen LogP contribution is 2.07. The highest BCUT2D eigenvalue weighted by molar-refractivity contribution is 6.69. The Kier molecular flexibility index (Phi) is 1.86. The largest absolute Gasteiger partial charge is 0.379 e. The minimum Gasteiger partial charge on any atom is -0.379 e. The van der Waals surface area contributed by atoms with Crippen molar-refractivity contribution >= 4 is 22.6 Å². The Labute approximate surface area is 61.8 Å². The first-order chi connectivity index (χ1) is 4.75. The first-order valence-corrected chi connectivity index (χ1v) is 2.84. The normalized spacial score (nSPS) is 12.0. The molecular formula is C4H5ClN4O. The third kappa shape index (κ3) is 1.08. The second kappa shape index (κ2) is 2.66. The predicted octanol–water partition coefficient (Wildman–Crippen LogP) is 0.267. The van der Waals surface area contributed by atoms with Crippen LogP contribution in [0.25, 0.3) is 0 Å². The van der Waals surface area contributed by atoms with Crippen LogP contribution in [0.5, 0.6) is 0 Å². The molecule has 1 aromatic rings. The Balaban J connectivity index is 3.05. The predicted molar refractivity (Wildman–Crippen MR) is 37.0 cm³/mol. The van der Waals surface area contributed by atoms with Crippen molar-refractivity contribution in [1.82, 2.24) is 10.3 Å². The van der Waals surface area contributed by atoms with Gasteiger partial charge in [-0.3, -0.25) is 4.99 Å². The third-order valence-corrected chi connectivity index (χ3v) is 1.25. The van der Waals surface area contributed by atoms with Gasteiger partial charge in [-0.05, 0) is 10.3 Å². The second-order valence-electron chi connectivity index (χ2n) is 1.51. The number of aromatic nitrogens is 2. The molecule has 1 heterocycles. The van der Waals surface area contributed by atoms with Gasteiger partial charge in [-0.1, -0.05) is 11.6 Å². The zero-order valence-corrected chi connectivity index (χ0v) is 5.96. The van der Waals surface area contributed by atoms with E-state index in [-0.39, 0.29) is 16.7 Å². The summed E-state index contributed by atoms with van der Waals surface area (Å²) in [6.45, 7) is 0. The Morgan fingerprint density at radius 3 is 2.80 bits per heavy atom. The lowest BCUT2D eigenvalue weighted by Crippen LogP contribution is -1.97. The number of anilines is 1. The third-order valence-electron chi connectivity index (χ3n) is 0.906. The lowest BCUT2D eigenvalue weighted by molar-refractivity contribution is 0.308. The molecule has 0 atom stereocenters. The van der Waals surface area contributed by atoms with Crippen molar-refractivity contribution in [2.24, 2.45) is 4.99 Å². The number of rotatable bonds is 1. The van der Waals surface area contributed by atoms with Gasteiger partial charge in [0.2, 0.25) is 0 Å². The van der Waals surface area contributed by atoms with Gasteiger partial charge in [-0.25, -0.2) is 4.63 Å². The maximum atomic E-state index is 5.54. The SMILES string of the molecule is CN=C(Cl)c1nonc1N. The summed E-state index contributed by atoms with van der Waals surface area (Å²) in [5.74, 6) is 0.149. The number of nitrogens with two attached hydrogens (primary N) is 1. The fourth-order valence-corrected chi connectivity index (χ4v) is 0.576. The van der Waals surface area contributed by atoms with E-state index in [2.05, 4.69) is 19.9 Å². The smallest absolute Gasteiger partial charge is 0.198 e. The van der Waals surface area contributed by atoms with Crippen LogP contribution in [0.3, 0.4) is 0 Å². The van der Waals surface area contributed by atoms with Crippen LogP contribution in [0.15, 0.2) is 9.62 Å². The molecule has 54 valence electrons. The molecule has 0 spiro atoms. The first kappa shape index (κ1) is 7.01. The molecule has 0 aliphatic carbocycles. The van der Waals surface area contributed by atoms with Gasteiger partial charge >= 0.3 is 0 Å². The zero-order chi connectivity index (χ0) is 7.56. The summed E-state index contributed by atoms with van der Waals surface area (Å²) < 4.78 is 4.28. The molecule has 0 saturated carbocycles. The molecule has 0 amide bonds. The summed E-state index contributed by atoms with van der Waals surface area (Å²) >= 11 is 5.54. The molecule has 1 aromatic heterocycles. The average molecular weight is 161 g/mol. The van der Waals surface area contributed by atoms with Crippen LogP contribution in [0.4, 0.5) is 5.82 Å². The van der Waals surface area contributed by atoms with Gasteiger partial charge in [-0.15, -0.1) is 0 Å². The average Bonchev–Trinajstić information content (AvgIpc) is 2.34. The summed E-state index contributed by atoms with van der Waals surface area (Å²) in [7, 11) is 1.52. The molecule has 0 unspecified atom stereocenters. The Morgan fingerprint density at radius 2 is 2.40 bits per heavy atom. The molecule has 5 nitrogen and oxygen atoms in total. The molecule has 0 aliphatic rings. The molecule has 0 radical (unpaired) electrons. The van der Waals surface area contributed by atoms with Gasteiger partial charge in [0.15, 0.2) is 16.7 Å². The van der Waals surface area contributed by atoms with Crippen molar-refractivity contribution < 1.29 is 4.63 Å². The topological polar surface area (TPSA) is 77.3 Å². The van der Waals surface area contributed by atoms with Crippen LogP contribution in [0, 0.1) is 0 Å². The van der Waals surface area contributed by atoms with Crippen molar-refractivity contribution in [2.75, 3.05) is 12.8 Å². The van der Waals surface area contributed by atoms with E-state index in [0.717, 1.165) is 0 Å². The molecule has 10 heavy (non-hydrogen) atoms. The standard InChI is InChI=1S/C4H5ClN4O/c1-7-3(5)2-4(6)9-10-8-2/h1H3,(H2,6,9). The van der Waals surface area contributed by atoms with Crippen LogP contribution >= 0.6 is 11.6 Å². The summed E-state index contributed by atoms with van der Waals surface area (Å²) in [6.07, 6.45) is 0. The zero-order valence-electron chi connectivity index (χ0n) is 5.21. The minimum atomic E-state index is 0.149. The van der Waals surface area contributed by atoms with Crippen molar-refractivity contribution in [3.8, 4) is 0 Å². The minimum absolute atomic E-state index is 0.149. The molecule has 0 fully saturated rings. The highest BCUT2D eigenvalue weighted by atomic mass is 35.5. The summed E-state index contributed by atoms with van der Waals surface area (Å²) in [5, 5.41) is 6.92. The number of halogens is 1. The van der Waals surface area contributed by atoms with Gasteiger partial charge in [0.05, 0.1) is 0 Å². The molecule has 0 aromatic carbocycles. The number of nitrogens with zero attached hydrogens (tertiary/aromatic N) is 3.